The van der Waals surface area contributed by atoms with Gasteiger partial charge >= 0.3 is 0 Å². The largest absolute Gasteiger partial charge is 0.481 e. The second-order valence-corrected chi connectivity index (χ2v) is 8.03. The van der Waals surface area contributed by atoms with Crippen molar-refractivity contribution in [2.45, 2.75) is 24.2 Å². The second kappa shape index (κ2) is 9.24. The van der Waals surface area contributed by atoms with Crippen molar-refractivity contribution in [1.82, 2.24) is 14.2 Å². The number of fused-ring (bicyclic) bond motifs is 1. The van der Waals surface area contributed by atoms with Crippen molar-refractivity contribution in [3.8, 4) is 5.88 Å². The molecule has 0 N–H and O–H groups in total. The Morgan fingerprint density at radius 2 is 2.15 bits per heavy atom. The lowest BCUT2D eigenvalue weighted by atomic mass is 9.94. The molecule has 3 rings (SSSR count). The number of benzene rings is 1. The van der Waals surface area contributed by atoms with Crippen LogP contribution in [0.1, 0.15) is 19.3 Å². The molecule has 1 aliphatic heterocycles. The Balaban J connectivity index is 1.56. The first kappa shape index (κ1) is 19.7. The fourth-order valence-corrected chi connectivity index (χ4v) is 4.55. The minimum absolute atomic E-state index is 0.00358. The van der Waals surface area contributed by atoms with Gasteiger partial charge in [0.25, 0.3) is 0 Å². The van der Waals surface area contributed by atoms with E-state index in [0.29, 0.717) is 11.8 Å². The number of hydrogen-bond acceptors (Lipinski definition) is 5. The van der Waals surface area contributed by atoms with E-state index in [-0.39, 0.29) is 5.91 Å². The molecule has 2 aromatic rings. The summed E-state index contributed by atoms with van der Waals surface area (Å²) in [5.74, 6) is 1.36. The molecular weight excluding hydrogens is 358 g/mol. The SMILES string of the molecule is C=CC(=O)N(C)CCC1CCN(Sc2cccc3c(OC)nccc23)CC1. The van der Waals surface area contributed by atoms with Crippen molar-refractivity contribution in [2.24, 2.45) is 5.92 Å². The highest BCUT2D eigenvalue weighted by Crippen LogP contribution is 2.35. The standard InChI is InChI=1S/C21H27N3O2S/c1-4-20(25)23(2)13-9-16-10-14-24(15-11-16)27-19-7-5-6-18-17(19)8-12-22-21(18)26-3/h4-8,12,16H,1,9-11,13-15H2,2-3H3. The molecule has 1 aromatic carbocycles. The van der Waals surface area contributed by atoms with Crippen LogP contribution in [-0.2, 0) is 4.79 Å². The van der Waals surface area contributed by atoms with Crippen molar-refractivity contribution in [3.63, 3.8) is 0 Å². The van der Waals surface area contributed by atoms with Crippen molar-refractivity contribution in [2.75, 3.05) is 33.8 Å². The van der Waals surface area contributed by atoms with Crippen LogP contribution < -0.4 is 4.74 Å². The van der Waals surface area contributed by atoms with E-state index < -0.39 is 0 Å². The minimum Gasteiger partial charge on any atom is -0.481 e. The van der Waals surface area contributed by atoms with Crippen LogP contribution >= 0.6 is 11.9 Å². The van der Waals surface area contributed by atoms with Crippen LogP contribution in [0, 0.1) is 5.92 Å². The monoisotopic (exact) mass is 385 g/mol. The van der Waals surface area contributed by atoms with Gasteiger partial charge in [0.05, 0.1) is 7.11 Å². The number of rotatable bonds is 7. The van der Waals surface area contributed by atoms with Gasteiger partial charge in [0, 0.05) is 48.5 Å². The van der Waals surface area contributed by atoms with Gasteiger partial charge in [-0.3, -0.25) is 4.79 Å². The number of amides is 1. The van der Waals surface area contributed by atoms with Gasteiger partial charge in [0.15, 0.2) is 0 Å². The van der Waals surface area contributed by atoms with E-state index in [9.17, 15) is 4.79 Å². The summed E-state index contributed by atoms with van der Waals surface area (Å²) >= 11 is 1.82. The summed E-state index contributed by atoms with van der Waals surface area (Å²) in [6.07, 6.45) is 6.58. The third-order valence-corrected chi connectivity index (χ3v) is 6.32. The van der Waals surface area contributed by atoms with E-state index in [1.807, 2.05) is 19.0 Å². The fourth-order valence-electron chi connectivity index (χ4n) is 3.46. The summed E-state index contributed by atoms with van der Waals surface area (Å²) < 4.78 is 7.83. The van der Waals surface area contributed by atoms with Crippen LogP contribution in [0.15, 0.2) is 48.0 Å². The lowest BCUT2D eigenvalue weighted by Gasteiger charge is -2.32. The summed E-state index contributed by atoms with van der Waals surface area (Å²) in [7, 11) is 3.51. The highest BCUT2D eigenvalue weighted by Gasteiger charge is 2.21. The van der Waals surface area contributed by atoms with E-state index >= 15 is 0 Å². The highest BCUT2D eigenvalue weighted by atomic mass is 32.2. The molecule has 0 bridgehead atoms. The van der Waals surface area contributed by atoms with Crippen molar-refractivity contribution < 1.29 is 9.53 Å². The smallest absolute Gasteiger partial charge is 0.245 e. The summed E-state index contributed by atoms with van der Waals surface area (Å²) in [4.78, 5) is 18.9. The summed E-state index contributed by atoms with van der Waals surface area (Å²) in [6, 6.07) is 8.33. The number of nitrogens with zero attached hydrogens (tertiary/aromatic N) is 3. The summed E-state index contributed by atoms with van der Waals surface area (Å²) in [5, 5.41) is 2.23. The number of likely N-dealkylation sites (N-methyl/N-ethyl adjacent to an activating group) is 1. The number of ether oxygens (including phenoxy) is 1. The maximum absolute atomic E-state index is 11.6. The van der Waals surface area contributed by atoms with Crippen molar-refractivity contribution >= 4 is 28.6 Å². The maximum Gasteiger partial charge on any atom is 0.245 e. The molecule has 1 aromatic heterocycles. The average Bonchev–Trinajstić information content (AvgIpc) is 2.72. The van der Waals surface area contributed by atoms with Crippen LogP contribution in [-0.4, -0.2) is 53.9 Å². The number of carbonyl (C=O) groups excluding carboxylic acids is 1. The zero-order valence-corrected chi connectivity index (χ0v) is 16.9. The molecule has 144 valence electrons. The summed E-state index contributed by atoms with van der Waals surface area (Å²) in [5.41, 5.74) is 0. The van der Waals surface area contributed by atoms with Gasteiger partial charge in [-0.05, 0) is 61.4 Å². The molecule has 27 heavy (non-hydrogen) atoms. The first-order chi connectivity index (χ1) is 13.1. The highest BCUT2D eigenvalue weighted by molar-refractivity contribution is 7.97. The van der Waals surface area contributed by atoms with Gasteiger partial charge < -0.3 is 9.64 Å². The van der Waals surface area contributed by atoms with Gasteiger partial charge in [-0.1, -0.05) is 12.6 Å². The van der Waals surface area contributed by atoms with Gasteiger partial charge in [-0.25, -0.2) is 9.29 Å². The molecule has 0 atom stereocenters. The Kier molecular flexibility index (Phi) is 6.74. The molecule has 0 radical (unpaired) electrons. The van der Waals surface area contributed by atoms with Crippen LogP contribution in [0.4, 0.5) is 0 Å². The minimum atomic E-state index is 0.00358. The van der Waals surface area contributed by atoms with Gasteiger partial charge in [0.2, 0.25) is 11.8 Å². The van der Waals surface area contributed by atoms with Gasteiger partial charge in [0.1, 0.15) is 0 Å². The van der Waals surface area contributed by atoms with Crippen LogP contribution in [0.3, 0.4) is 0 Å². The molecule has 0 spiro atoms. The van der Waals surface area contributed by atoms with E-state index in [0.717, 1.165) is 31.4 Å². The lowest BCUT2D eigenvalue weighted by molar-refractivity contribution is -0.124. The molecule has 1 fully saturated rings. The molecule has 2 heterocycles. The zero-order valence-electron chi connectivity index (χ0n) is 16.1. The maximum atomic E-state index is 11.6. The Morgan fingerprint density at radius 1 is 1.37 bits per heavy atom. The third kappa shape index (κ3) is 4.82. The van der Waals surface area contributed by atoms with Crippen LogP contribution in [0.25, 0.3) is 10.8 Å². The molecule has 5 nitrogen and oxygen atoms in total. The molecule has 0 aliphatic carbocycles. The van der Waals surface area contributed by atoms with E-state index in [2.05, 4.69) is 40.1 Å². The number of aromatic nitrogens is 1. The molecule has 1 amide bonds. The van der Waals surface area contributed by atoms with Crippen LogP contribution in [0.5, 0.6) is 5.88 Å². The Morgan fingerprint density at radius 3 is 2.85 bits per heavy atom. The molecule has 0 unspecified atom stereocenters. The first-order valence-electron chi connectivity index (χ1n) is 9.34. The van der Waals surface area contributed by atoms with Gasteiger partial charge in [-0.15, -0.1) is 0 Å². The molecule has 0 saturated carbocycles. The van der Waals surface area contributed by atoms with Crippen molar-refractivity contribution in [1.29, 1.82) is 0 Å². The number of methoxy groups -OCH3 is 1. The first-order valence-corrected chi connectivity index (χ1v) is 10.1. The van der Waals surface area contributed by atoms with E-state index in [1.54, 1.807) is 18.2 Å². The second-order valence-electron chi connectivity index (χ2n) is 6.89. The Hall–Kier alpha value is -2.05. The molecule has 1 aliphatic rings. The van der Waals surface area contributed by atoms with Crippen molar-refractivity contribution in [3.05, 3.63) is 43.1 Å². The predicted octanol–water partition coefficient (Wildman–Crippen LogP) is 4.00. The van der Waals surface area contributed by atoms with E-state index in [1.165, 1.54) is 29.2 Å². The van der Waals surface area contributed by atoms with E-state index in [4.69, 9.17) is 4.74 Å². The topological polar surface area (TPSA) is 45.7 Å². The number of pyridine rings is 1. The lowest BCUT2D eigenvalue weighted by Crippen LogP contribution is -2.32. The average molecular weight is 386 g/mol. The molecular formula is C21H27N3O2S. The molecule has 1 saturated heterocycles. The summed E-state index contributed by atoms with van der Waals surface area (Å²) in [6.45, 7) is 6.48. The zero-order chi connectivity index (χ0) is 19.2. The number of piperidine rings is 1. The number of carbonyl (C=O) groups is 1. The third-order valence-electron chi connectivity index (χ3n) is 5.15. The fraction of sp³-hybridized carbons (Fsp3) is 0.429. The Bertz CT molecular complexity index is 803. The van der Waals surface area contributed by atoms with Gasteiger partial charge in [-0.2, -0.15) is 0 Å². The Labute approximate surface area is 165 Å². The van der Waals surface area contributed by atoms with Crippen LogP contribution in [0.2, 0.25) is 0 Å². The predicted molar refractivity (Wildman–Crippen MR) is 111 cm³/mol. The number of hydrogen-bond donors (Lipinski definition) is 0. The molecule has 6 heteroatoms. The quantitative estimate of drug-likeness (QED) is 0.533. The normalized spacial score (nSPS) is 15.6.